The summed E-state index contributed by atoms with van der Waals surface area (Å²) in [5.74, 6) is 0.903. The third kappa shape index (κ3) is 4.23. The van der Waals surface area contributed by atoms with Crippen LogP contribution in [-0.2, 0) is 6.42 Å². The van der Waals surface area contributed by atoms with Crippen molar-refractivity contribution in [2.75, 3.05) is 11.9 Å². The summed E-state index contributed by atoms with van der Waals surface area (Å²) in [7, 11) is 0. The van der Waals surface area contributed by atoms with E-state index in [-0.39, 0.29) is 18.0 Å². The van der Waals surface area contributed by atoms with E-state index < -0.39 is 6.43 Å². The lowest BCUT2D eigenvalue weighted by Crippen LogP contribution is -2.03. The fourth-order valence-corrected chi connectivity index (χ4v) is 3.90. The summed E-state index contributed by atoms with van der Waals surface area (Å²) < 4.78 is 27.2. The van der Waals surface area contributed by atoms with Gasteiger partial charge in [0.15, 0.2) is 11.5 Å². The van der Waals surface area contributed by atoms with Gasteiger partial charge in [0.25, 0.3) is 6.43 Å². The van der Waals surface area contributed by atoms with Gasteiger partial charge >= 0.3 is 0 Å². The first-order valence-electron chi connectivity index (χ1n) is 10.9. The fraction of sp³-hybridized carbons (Fsp3) is 0.167. The third-order valence-corrected chi connectivity index (χ3v) is 5.61. The summed E-state index contributed by atoms with van der Waals surface area (Å²) in [6, 6.07) is 13.9. The molecule has 10 nitrogen and oxygen atoms in total. The summed E-state index contributed by atoms with van der Waals surface area (Å²) in [6.07, 6.45) is -0.668. The van der Waals surface area contributed by atoms with Gasteiger partial charge in [-0.05, 0) is 55.3 Å². The van der Waals surface area contributed by atoms with E-state index >= 15 is 0 Å². The van der Waals surface area contributed by atoms with Crippen molar-refractivity contribution < 1.29 is 13.9 Å². The summed E-state index contributed by atoms with van der Waals surface area (Å²) in [4.78, 5) is 9.29. The summed E-state index contributed by atoms with van der Waals surface area (Å²) in [5.41, 5.74) is 4.59. The topological polar surface area (TPSA) is 141 Å². The molecule has 0 fully saturated rings. The molecule has 3 N–H and O–H groups in total. The quantitative estimate of drug-likeness (QED) is 0.313. The van der Waals surface area contributed by atoms with E-state index in [1.165, 1.54) is 12.1 Å². The van der Waals surface area contributed by atoms with Crippen molar-refractivity contribution in [2.24, 2.45) is 0 Å². The van der Waals surface area contributed by atoms with Crippen LogP contribution in [0.25, 0.3) is 28.1 Å². The molecule has 0 unspecified atom stereocenters. The number of nitrogens with zero attached hydrogens (tertiary/aromatic N) is 7. The summed E-state index contributed by atoms with van der Waals surface area (Å²) >= 11 is 0. The van der Waals surface area contributed by atoms with Crippen LogP contribution in [0.5, 0.6) is 0 Å². The van der Waals surface area contributed by atoms with Gasteiger partial charge in [0.05, 0.1) is 22.3 Å². The highest BCUT2D eigenvalue weighted by Crippen LogP contribution is 2.30. The second kappa shape index (κ2) is 9.47. The molecule has 4 heterocycles. The highest BCUT2D eigenvalue weighted by molar-refractivity contribution is 5.82. The van der Waals surface area contributed by atoms with E-state index in [0.717, 1.165) is 11.1 Å². The zero-order valence-corrected chi connectivity index (χ0v) is 18.9. The molecule has 0 spiro atoms. The Balaban J connectivity index is 1.50. The smallest absolute Gasteiger partial charge is 0.282 e. The minimum Gasteiger partial charge on any atom is -0.396 e. The minimum atomic E-state index is -2.68. The number of nitriles is 1. The van der Waals surface area contributed by atoms with E-state index in [9.17, 15) is 19.1 Å². The molecule has 5 aromatic rings. The van der Waals surface area contributed by atoms with Crippen molar-refractivity contribution in [1.82, 2.24) is 34.9 Å². The first-order chi connectivity index (χ1) is 17.5. The van der Waals surface area contributed by atoms with E-state index in [4.69, 9.17) is 4.98 Å². The molecule has 0 aliphatic carbocycles. The lowest BCUT2D eigenvalue weighted by Gasteiger charge is -2.12. The number of aromatic nitrogens is 7. The van der Waals surface area contributed by atoms with Gasteiger partial charge in [0.1, 0.15) is 23.9 Å². The molecule has 0 saturated carbocycles. The first kappa shape index (κ1) is 23.0. The summed E-state index contributed by atoms with van der Waals surface area (Å²) in [5, 5.41) is 36.2. The molecule has 36 heavy (non-hydrogen) atoms. The number of fused-ring (bicyclic) bond motifs is 1. The van der Waals surface area contributed by atoms with Crippen LogP contribution in [0.15, 0.2) is 48.8 Å². The van der Waals surface area contributed by atoms with Crippen LogP contribution in [0, 0.1) is 18.3 Å². The monoisotopic (exact) mass is 487 g/mol. The van der Waals surface area contributed by atoms with Gasteiger partial charge in [-0.2, -0.15) is 10.4 Å². The largest absolute Gasteiger partial charge is 0.396 e. The molecule has 0 amide bonds. The van der Waals surface area contributed by atoms with Crippen LogP contribution >= 0.6 is 0 Å². The molecular formula is C24H19F2N9O. The van der Waals surface area contributed by atoms with Gasteiger partial charge < -0.3 is 10.4 Å². The van der Waals surface area contributed by atoms with Crippen LogP contribution in [0.3, 0.4) is 0 Å². The SMILES string of the molecule is Cc1[nH]nc(C#N)c1-c1nc(-n2cnc3cc(Nc4ccc(C(F)F)nn4)ccc32)ccc1CCO. The minimum absolute atomic E-state index is 0.0637. The number of aromatic amines is 1. The maximum Gasteiger partial charge on any atom is 0.282 e. The molecule has 5 rings (SSSR count). The third-order valence-electron chi connectivity index (χ3n) is 5.61. The van der Waals surface area contributed by atoms with Crippen LogP contribution in [0.2, 0.25) is 0 Å². The van der Waals surface area contributed by atoms with Gasteiger partial charge in [-0.1, -0.05) is 6.07 Å². The Kier molecular flexibility index (Phi) is 6.05. The predicted octanol–water partition coefficient (Wildman–Crippen LogP) is 4.00. The fourth-order valence-electron chi connectivity index (χ4n) is 3.90. The van der Waals surface area contributed by atoms with Crippen LogP contribution < -0.4 is 5.32 Å². The number of aryl methyl sites for hydroxylation is 1. The Bertz CT molecular complexity index is 1590. The standard InChI is InChI=1S/C24H19F2N9O/c1-13-22(18(11-27)33-31-13)23-14(8-9-36)2-7-21(30-23)35-12-28-17-10-15(3-5-19(17)35)29-20-6-4-16(24(25)26)32-34-20/h2-7,10,12,24,36H,8-9H2,1H3,(H,29,34)(H,31,33). The molecule has 0 saturated heterocycles. The average Bonchev–Trinajstić information content (AvgIpc) is 3.47. The van der Waals surface area contributed by atoms with Crippen molar-refractivity contribution in [1.29, 1.82) is 5.26 Å². The molecule has 12 heteroatoms. The number of rotatable bonds is 7. The lowest BCUT2D eigenvalue weighted by molar-refractivity contribution is 0.145. The maximum atomic E-state index is 12.7. The van der Waals surface area contributed by atoms with Crippen molar-refractivity contribution in [3.63, 3.8) is 0 Å². The van der Waals surface area contributed by atoms with Crippen LogP contribution in [0.1, 0.15) is 29.1 Å². The Hall–Kier alpha value is -4.76. The van der Waals surface area contributed by atoms with Crippen LogP contribution in [0.4, 0.5) is 20.3 Å². The molecule has 4 aromatic heterocycles. The molecule has 0 atom stereocenters. The molecule has 0 bridgehead atoms. The Morgan fingerprint density at radius 3 is 2.75 bits per heavy atom. The molecule has 0 aliphatic heterocycles. The van der Waals surface area contributed by atoms with Gasteiger partial charge in [0.2, 0.25) is 0 Å². The van der Waals surface area contributed by atoms with Crippen LogP contribution in [-0.4, -0.2) is 46.6 Å². The first-order valence-corrected chi connectivity index (χ1v) is 10.9. The summed E-state index contributed by atoms with van der Waals surface area (Å²) in [6.45, 7) is 1.75. The second-order valence-electron chi connectivity index (χ2n) is 7.92. The average molecular weight is 487 g/mol. The highest BCUT2D eigenvalue weighted by Gasteiger charge is 2.19. The number of pyridine rings is 1. The van der Waals surface area contributed by atoms with E-state index in [0.29, 0.717) is 46.2 Å². The molecule has 180 valence electrons. The zero-order valence-electron chi connectivity index (χ0n) is 18.9. The second-order valence-corrected chi connectivity index (χ2v) is 7.92. The van der Waals surface area contributed by atoms with Gasteiger partial charge in [-0.15, -0.1) is 10.2 Å². The van der Waals surface area contributed by atoms with Crippen molar-refractivity contribution >= 4 is 22.5 Å². The number of H-pyrrole nitrogens is 1. The van der Waals surface area contributed by atoms with Gasteiger partial charge in [-0.3, -0.25) is 9.67 Å². The van der Waals surface area contributed by atoms with Crippen molar-refractivity contribution in [3.05, 3.63) is 71.4 Å². The zero-order chi connectivity index (χ0) is 25.2. The number of nitrogens with one attached hydrogen (secondary N) is 2. The number of alkyl halides is 2. The Morgan fingerprint density at radius 2 is 2.03 bits per heavy atom. The number of hydrogen-bond acceptors (Lipinski definition) is 8. The number of halogens is 2. The number of anilines is 2. The van der Waals surface area contributed by atoms with Gasteiger partial charge in [0, 0.05) is 18.0 Å². The maximum absolute atomic E-state index is 12.7. The number of imidazole rings is 1. The molecule has 0 radical (unpaired) electrons. The van der Waals surface area contributed by atoms with Crippen molar-refractivity contribution in [3.8, 4) is 23.1 Å². The van der Waals surface area contributed by atoms with E-state index in [1.54, 1.807) is 18.5 Å². The normalized spacial score (nSPS) is 11.2. The molecule has 0 aliphatic rings. The molecule has 1 aromatic carbocycles. The lowest BCUT2D eigenvalue weighted by atomic mass is 10.0. The van der Waals surface area contributed by atoms with E-state index in [1.807, 2.05) is 29.7 Å². The Labute approximate surface area is 203 Å². The highest BCUT2D eigenvalue weighted by atomic mass is 19.3. The number of aliphatic hydroxyl groups is 1. The number of benzene rings is 1. The van der Waals surface area contributed by atoms with Gasteiger partial charge in [-0.25, -0.2) is 18.7 Å². The van der Waals surface area contributed by atoms with Crippen molar-refractivity contribution in [2.45, 2.75) is 19.8 Å². The predicted molar refractivity (Wildman–Crippen MR) is 127 cm³/mol. The number of hydrogen-bond donors (Lipinski definition) is 3. The Morgan fingerprint density at radius 1 is 1.17 bits per heavy atom. The molecular weight excluding hydrogens is 468 g/mol. The number of aliphatic hydroxyl groups excluding tert-OH is 1. The van der Waals surface area contributed by atoms with E-state index in [2.05, 4.69) is 36.8 Å².